The second-order valence-corrected chi connectivity index (χ2v) is 3.19. The summed E-state index contributed by atoms with van der Waals surface area (Å²) in [6.45, 7) is 4.10. The van der Waals surface area contributed by atoms with Gasteiger partial charge in [0.2, 0.25) is 0 Å². The lowest BCUT2D eigenvalue weighted by molar-refractivity contribution is 0.313. The van der Waals surface area contributed by atoms with Gasteiger partial charge in [-0.1, -0.05) is 28.5 Å². The Bertz CT molecular complexity index is 387. The van der Waals surface area contributed by atoms with Crippen LogP contribution in [0.4, 0.5) is 5.69 Å². The van der Waals surface area contributed by atoms with Crippen molar-refractivity contribution in [1.29, 1.82) is 0 Å². The maximum absolute atomic E-state index is 8.94. The van der Waals surface area contributed by atoms with Gasteiger partial charge >= 0.3 is 0 Å². The number of para-hydroxylation sites is 1. The molecule has 16 heavy (non-hydrogen) atoms. The standard InChI is InChI=1S/C11H15N3O2/c1-3-14(10-7-5-4-6-8-10)11(13-16)9(2)12-15/h4-8,15-16H,3H2,1-2H3/b12-9+,13-11+. The van der Waals surface area contributed by atoms with E-state index in [9.17, 15) is 0 Å². The Kier molecular flexibility index (Phi) is 4.32. The molecule has 2 N–H and O–H groups in total. The van der Waals surface area contributed by atoms with Gasteiger partial charge in [-0.15, -0.1) is 0 Å². The summed E-state index contributed by atoms with van der Waals surface area (Å²) in [5, 5.41) is 23.8. The minimum Gasteiger partial charge on any atom is -0.411 e. The molecule has 0 atom stereocenters. The number of oxime groups is 2. The van der Waals surface area contributed by atoms with Gasteiger partial charge in [0.05, 0.1) is 0 Å². The van der Waals surface area contributed by atoms with E-state index in [1.54, 1.807) is 11.8 Å². The molecule has 1 aromatic rings. The highest BCUT2D eigenvalue weighted by atomic mass is 16.4. The molecule has 0 amide bonds. The van der Waals surface area contributed by atoms with Crippen LogP contribution in [0.5, 0.6) is 0 Å². The third-order valence-corrected chi connectivity index (χ3v) is 2.21. The lowest BCUT2D eigenvalue weighted by Gasteiger charge is -2.22. The largest absolute Gasteiger partial charge is 0.411 e. The van der Waals surface area contributed by atoms with Crippen molar-refractivity contribution in [3.8, 4) is 0 Å². The SMILES string of the molecule is CCN(C(=N/O)/C(C)=N/O)c1ccccc1. The van der Waals surface area contributed by atoms with Crippen LogP contribution in [-0.2, 0) is 0 Å². The second kappa shape index (κ2) is 5.75. The molecule has 0 aliphatic rings. The zero-order chi connectivity index (χ0) is 12.0. The number of nitrogens with zero attached hydrogens (tertiary/aromatic N) is 3. The molecule has 0 unspecified atom stereocenters. The van der Waals surface area contributed by atoms with Crippen molar-refractivity contribution in [3.05, 3.63) is 30.3 Å². The molecule has 0 heterocycles. The first kappa shape index (κ1) is 12.0. The maximum atomic E-state index is 8.94. The molecule has 0 aromatic heterocycles. The van der Waals surface area contributed by atoms with E-state index in [2.05, 4.69) is 10.3 Å². The minimum atomic E-state index is 0.233. The van der Waals surface area contributed by atoms with Crippen molar-refractivity contribution in [2.75, 3.05) is 11.4 Å². The van der Waals surface area contributed by atoms with Crippen LogP contribution >= 0.6 is 0 Å². The molecule has 5 heteroatoms. The molecule has 0 spiro atoms. The monoisotopic (exact) mass is 221 g/mol. The summed E-state index contributed by atoms with van der Waals surface area (Å²) in [5.41, 5.74) is 1.13. The smallest absolute Gasteiger partial charge is 0.197 e. The molecular weight excluding hydrogens is 206 g/mol. The van der Waals surface area contributed by atoms with E-state index in [1.165, 1.54) is 0 Å². The number of hydrogen-bond donors (Lipinski definition) is 2. The highest BCUT2D eigenvalue weighted by molar-refractivity contribution is 6.45. The van der Waals surface area contributed by atoms with Gasteiger partial charge in [0.25, 0.3) is 0 Å². The Labute approximate surface area is 94.3 Å². The van der Waals surface area contributed by atoms with Crippen LogP contribution < -0.4 is 4.90 Å². The van der Waals surface area contributed by atoms with Crippen molar-refractivity contribution in [3.63, 3.8) is 0 Å². The van der Waals surface area contributed by atoms with Crippen LogP contribution in [0.3, 0.4) is 0 Å². The Morgan fingerprint density at radius 3 is 2.25 bits per heavy atom. The van der Waals surface area contributed by atoms with E-state index in [1.807, 2.05) is 37.3 Å². The van der Waals surface area contributed by atoms with Crippen LogP contribution in [0.25, 0.3) is 0 Å². The third-order valence-electron chi connectivity index (χ3n) is 2.21. The molecule has 0 radical (unpaired) electrons. The van der Waals surface area contributed by atoms with Gasteiger partial charge in [0.15, 0.2) is 5.84 Å². The maximum Gasteiger partial charge on any atom is 0.197 e. The molecular formula is C11H15N3O2. The van der Waals surface area contributed by atoms with E-state index >= 15 is 0 Å². The van der Waals surface area contributed by atoms with Gasteiger partial charge in [0, 0.05) is 12.2 Å². The van der Waals surface area contributed by atoms with Gasteiger partial charge < -0.3 is 15.3 Å². The van der Waals surface area contributed by atoms with Crippen LogP contribution in [0.1, 0.15) is 13.8 Å². The van der Waals surface area contributed by atoms with E-state index in [4.69, 9.17) is 10.4 Å². The third kappa shape index (κ3) is 2.50. The number of rotatable bonds is 3. The fourth-order valence-electron chi connectivity index (χ4n) is 1.43. The fourth-order valence-corrected chi connectivity index (χ4v) is 1.43. The molecule has 0 saturated heterocycles. The van der Waals surface area contributed by atoms with Crippen LogP contribution in [0, 0.1) is 0 Å². The molecule has 0 aliphatic heterocycles. The van der Waals surface area contributed by atoms with Crippen LogP contribution in [0.2, 0.25) is 0 Å². The van der Waals surface area contributed by atoms with Gasteiger partial charge in [-0.05, 0) is 26.0 Å². The Balaban J connectivity index is 3.08. The summed E-state index contributed by atoms with van der Waals surface area (Å²) < 4.78 is 0. The first-order chi connectivity index (χ1) is 7.74. The van der Waals surface area contributed by atoms with Crippen molar-refractivity contribution >= 4 is 17.2 Å². The summed E-state index contributed by atoms with van der Waals surface area (Å²) >= 11 is 0. The van der Waals surface area contributed by atoms with Crippen LogP contribution in [0.15, 0.2) is 40.6 Å². The Morgan fingerprint density at radius 1 is 1.19 bits per heavy atom. The molecule has 0 aliphatic carbocycles. The molecule has 0 saturated carbocycles. The number of anilines is 1. The molecule has 1 rings (SSSR count). The lowest BCUT2D eigenvalue weighted by atomic mass is 10.2. The Hall–Kier alpha value is -2.04. The predicted molar refractivity (Wildman–Crippen MR) is 63.6 cm³/mol. The minimum absolute atomic E-state index is 0.233. The van der Waals surface area contributed by atoms with E-state index in [0.717, 1.165) is 5.69 Å². The average molecular weight is 221 g/mol. The summed E-state index contributed by atoms with van der Waals surface area (Å²) in [6.07, 6.45) is 0. The van der Waals surface area contributed by atoms with E-state index in [-0.39, 0.29) is 11.5 Å². The van der Waals surface area contributed by atoms with Crippen molar-refractivity contribution in [2.24, 2.45) is 10.3 Å². The quantitative estimate of drug-likeness (QED) is 0.355. The van der Waals surface area contributed by atoms with E-state index < -0.39 is 0 Å². The van der Waals surface area contributed by atoms with Crippen molar-refractivity contribution in [1.82, 2.24) is 0 Å². The first-order valence-corrected chi connectivity index (χ1v) is 4.98. The number of benzene rings is 1. The lowest BCUT2D eigenvalue weighted by Crippen LogP contribution is -2.35. The molecule has 5 nitrogen and oxygen atoms in total. The van der Waals surface area contributed by atoms with E-state index in [0.29, 0.717) is 6.54 Å². The normalized spacial score (nSPS) is 12.6. The van der Waals surface area contributed by atoms with Gasteiger partial charge in [-0.25, -0.2) is 0 Å². The zero-order valence-corrected chi connectivity index (χ0v) is 9.33. The molecule has 1 aromatic carbocycles. The summed E-state index contributed by atoms with van der Waals surface area (Å²) in [4.78, 5) is 1.75. The molecule has 0 bridgehead atoms. The molecule has 86 valence electrons. The van der Waals surface area contributed by atoms with Gasteiger partial charge in [-0.2, -0.15) is 0 Å². The summed E-state index contributed by atoms with van der Waals surface area (Å²) in [5.74, 6) is 0.233. The van der Waals surface area contributed by atoms with Crippen molar-refractivity contribution < 1.29 is 10.4 Å². The summed E-state index contributed by atoms with van der Waals surface area (Å²) in [6, 6.07) is 9.45. The highest BCUT2D eigenvalue weighted by Crippen LogP contribution is 2.14. The van der Waals surface area contributed by atoms with Gasteiger partial charge in [0.1, 0.15) is 5.71 Å². The molecule has 0 fully saturated rings. The zero-order valence-electron chi connectivity index (χ0n) is 9.33. The Morgan fingerprint density at radius 2 is 1.81 bits per heavy atom. The van der Waals surface area contributed by atoms with Gasteiger partial charge in [-0.3, -0.25) is 0 Å². The highest BCUT2D eigenvalue weighted by Gasteiger charge is 2.15. The van der Waals surface area contributed by atoms with Crippen molar-refractivity contribution in [2.45, 2.75) is 13.8 Å². The topological polar surface area (TPSA) is 68.4 Å². The number of amidine groups is 1. The first-order valence-electron chi connectivity index (χ1n) is 4.98. The predicted octanol–water partition coefficient (Wildman–Crippen LogP) is 2.15. The number of hydrogen-bond acceptors (Lipinski definition) is 4. The average Bonchev–Trinajstić information content (AvgIpc) is 2.36. The summed E-state index contributed by atoms with van der Waals surface area (Å²) in [7, 11) is 0. The fraction of sp³-hybridized carbons (Fsp3) is 0.273. The second-order valence-electron chi connectivity index (χ2n) is 3.19. The van der Waals surface area contributed by atoms with Crippen LogP contribution in [-0.4, -0.2) is 28.5 Å².